The fourth-order valence-corrected chi connectivity index (χ4v) is 5.21. The van der Waals surface area contributed by atoms with E-state index < -0.39 is 5.97 Å². The summed E-state index contributed by atoms with van der Waals surface area (Å²) in [5, 5.41) is 16.2. The third kappa shape index (κ3) is 1.88. The molecule has 4 bridgehead atoms. The number of hydrogen-bond donors (Lipinski definition) is 2. The van der Waals surface area contributed by atoms with Gasteiger partial charge in [-0.1, -0.05) is 0 Å². The lowest BCUT2D eigenvalue weighted by atomic mass is 9.51. The predicted octanol–water partition coefficient (Wildman–Crippen LogP) is 2.58. The summed E-state index contributed by atoms with van der Waals surface area (Å²) < 4.78 is 0. The summed E-state index contributed by atoms with van der Waals surface area (Å²) in [6, 6.07) is 2.00. The fourth-order valence-electron chi connectivity index (χ4n) is 5.21. The zero-order valence-electron chi connectivity index (χ0n) is 11.0. The van der Waals surface area contributed by atoms with Crippen molar-refractivity contribution in [3.63, 3.8) is 0 Å². The van der Waals surface area contributed by atoms with Gasteiger partial charge in [0.15, 0.2) is 0 Å². The van der Waals surface area contributed by atoms with Crippen LogP contribution in [0.25, 0.3) is 0 Å². The second-order valence-corrected chi connectivity index (χ2v) is 6.85. The largest absolute Gasteiger partial charge is 0.481 e. The average molecular weight is 260 g/mol. The van der Waals surface area contributed by atoms with Gasteiger partial charge in [0.1, 0.15) is 0 Å². The highest BCUT2D eigenvalue weighted by molar-refractivity contribution is 5.69. The minimum Gasteiger partial charge on any atom is -0.481 e. The van der Waals surface area contributed by atoms with E-state index in [0.717, 1.165) is 35.1 Å². The molecule has 19 heavy (non-hydrogen) atoms. The summed E-state index contributed by atoms with van der Waals surface area (Å²) in [6.45, 7) is 0. The second-order valence-electron chi connectivity index (χ2n) is 6.85. The summed E-state index contributed by atoms with van der Waals surface area (Å²) in [7, 11) is 0. The Morgan fingerprint density at radius 3 is 2.42 bits per heavy atom. The van der Waals surface area contributed by atoms with Gasteiger partial charge >= 0.3 is 5.97 Å². The van der Waals surface area contributed by atoms with Crippen LogP contribution in [0.3, 0.4) is 0 Å². The van der Waals surface area contributed by atoms with Gasteiger partial charge in [0, 0.05) is 11.6 Å². The zero-order valence-corrected chi connectivity index (χ0v) is 11.0. The summed E-state index contributed by atoms with van der Waals surface area (Å²) in [5.41, 5.74) is 1.88. The molecule has 0 amide bonds. The maximum atomic E-state index is 10.8. The molecular weight excluding hydrogens is 240 g/mol. The van der Waals surface area contributed by atoms with Crippen molar-refractivity contribution < 1.29 is 9.90 Å². The average Bonchev–Trinajstić information content (AvgIpc) is 2.75. The van der Waals surface area contributed by atoms with Crippen molar-refractivity contribution >= 4 is 5.97 Å². The van der Waals surface area contributed by atoms with Crippen molar-refractivity contribution in [3.05, 3.63) is 17.5 Å². The summed E-state index contributed by atoms with van der Waals surface area (Å²) >= 11 is 0. The Kier molecular flexibility index (Phi) is 2.47. The molecule has 0 unspecified atom stereocenters. The van der Waals surface area contributed by atoms with Gasteiger partial charge in [-0.05, 0) is 61.8 Å². The SMILES string of the molecule is O=C(O)Cc1cc(C2C3CC4CC(C3)CC2C4)n[nH]1. The van der Waals surface area contributed by atoms with E-state index in [1.165, 1.54) is 32.1 Å². The van der Waals surface area contributed by atoms with Crippen LogP contribution in [0.4, 0.5) is 0 Å². The molecule has 4 aliphatic carbocycles. The van der Waals surface area contributed by atoms with Gasteiger partial charge in [-0.15, -0.1) is 0 Å². The Hall–Kier alpha value is -1.32. The molecule has 1 aromatic heterocycles. The molecule has 4 aliphatic rings. The quantitative estimate of drug-likeness (QED) is 0.877. The van der Waals surface area contributed by atoms with E-state index in [1.807, 2.05) is 6.07 Å². The molecule has 4 heteroatoms. The molecule has 102 valence electrons. The van der Waals surface area contributed by atoms with Crippen molar-refractivity contribution in [2.75, 3.05) is 0 Å². The molecule has 2 N–H and O–H groups in total. The normalized spacial score (nSPS) is 39.7. The number of hydrogen-bond acceptors (Lipinski definition) is 2. The Labute approximate surface area is 112 Å². The number of carbonyl (C=O) groups is 1. The molecule has 0 aliphatic heterocycles. The minimum atomic E-state index is -0.791. The van der Waals surface area contributed by atoms with Crippen LogP contribution >= 0.6 is 0 Å². The van der Waals surface area contributed by atoms with Gasteiger partial charge in [0.2, 0.25) is 0 Å². The Balaban J connectivity index is 1.58. The number of aliphatic carboxylic acids is 1. The first-order valence-corrected chi connectivity index (χ1v) is 7.45. The molecule has 1 heterocycles. The number of nitrogens with zero attached hydrogens (tertiary/aromatic N) is 1. The number of H-pyrrole nitrogens is 1. The number of carboxylic acids is 1. The van der Waals surface area contributed by atoms with Gasteiger partial charge in [0.05, 0.1) is 12.1 Å². The number of carboxylic acid groups (broad SMARTS) is 1. The first-order valence-electron chi connectivity index (χ1n) is 7.45. The van der Waals surface area contributed by atoms with Crippen molar-refractivity contribution in [1.82, 2.24) is 10.2 Å². The highest BCUT2D eigenvalue weighted by Gasteiger charge is 2.49. The van der Waals surface area contributed by atoms with Crippen LogP contribution in [0.2, 0.25) is 0 Å². The number of rotatable bonds is 3. The molecule has 5 rings (SSSR count). The van der Waals surface area contributed by atoms with E-state index in [9.17, 15) is 4.79 Å². The predicted molar refractivity (Wildman–Crippen MR) is 69.7 cm³/mol. The van der Waals surface area contributed by atoms with Crippen LogP contribution < -0.4 is 0 Å². The lowest BCUT2D eigenvalue weighted by molar-refractivity contribution is -0.136. The molecule has 0 radical (unpaired) electrons. The topological polar surface area (TPSA) is 66.0 Å². The minimum absolute atomic E-state index is 0.0559. The number of nitrogens with one attached hydrogen (secondary N) is 1. The van der Waals surface area contributed by atoms with Crippen LogP contribution in [0.15, 0.2) is 6.07 Å². The van der Waals surface area contributed by atoms with Crippen molar-refractivity contribution in [2.45, 2.75) is 44.4 Å². The molecule has 0 saturated heterocycles. The molecular formula is C15H20N2O2. The van der Waals surface area contributed by atoms with Gasteiger partial charge in [-0.25, -0.2) is 0 Å². The molecule has 4 nitrogen and oxygen atoms in total. The molecule has 1 aromatic rings. The van der Waals surface area contributed by atoms with E-state index in [0.29, 0.717) is 5.92 Å². The lowest BCUT2D eigenvalue weighted by Gasteiger charge is -2.54. The summed E-state index contributed by atoms with van der Waals surface area (Å²) in [4.78, 5) is 10.8. The summed E-state index contributed by atoms with van der Waals surface area (Å²) in [6.07, 6.45) is 7.01. The Morgan fingerprint density at radius 1 is 1.21 bits per heavy atom. The highest BCUT2D eigenvalue weighted by Crippen LogP contribution is 2.59. The van der Waals surface area contributed by atoms with Crippen molar-refractivity contribution in [2.24, 2.45) is 23.7 Å². The van der Waals surface area contributed by atoms with E-state index in [2.05, 4.69) is 10.2 Å². The van der Waals surface area contributed by atoms with Crippen LogP contribution in [0.1, 0.15) is 49.4 Å². The van der Waals surface area contributed by atoms with E-state index in [4.69, 9.17) is 5.11 Å². The van der Waals surface area contributed by atoms with Crippen LogP contribution in [0.5, 0.6) is 0 Å². The first kappa shape index (κ1) is 11.5. The van der Waals surface area contributed by atoms with Crippen molar-refractivity contribution in [1.29, 1.82) is 0 Å². The molecule has 0 spiro atoms. The van der Waals surface area contributed by atoms with Crippen LogP contribution in [-0.2, 0) is 11.2 Å². The third-order valence-electron chi connectivity index (χ3n) is 5.56. The molecule has 0 atom stereocenters. The molecule has 4 fully saturated rings. The Morgan fingerprint density at radius 2 is 1.84 bits per heavy atom. The molecule has 4 saturated carbocycles. The zero-order chi connectivity index (χ0) is 13.0. The van der Waals surface area contributed by atoms with Crippen molar-refractivity contribution in [3.8, 4) is 0 Å². The van der Waals surface area contributed by atoms with Crippen LogP contribution in [0, 0.1) is 23.7 Å². The Bertz CT molecular complexity index is 480. The lowest BCUT2D eigenvalue weighted by Crippen LogP contribution is -2.43. The maximum absolute atomic E-state index is 10.8. The van der Waals surface area contributed by atoms with Gasteiger partial charge in [-0.3, -0.25) is 9.89 Å². The molecule has 0 aromatic carbocycles. The monoisotopic (exact) mass is 260 g/mol. The standard InChI is InChI=1S/C15H20N2O2/c18-14(19)7-12-6-13(17-16-12)15-10-2-8-1-9(4-10)5-11(15)3-8/h6,8-11,15H,1-5,7H2,(H,16,17)(H,18,19). The van der Waals surface area contributed by atoms with Crippen LogP contribution in [-0.4, -0.2) is 21.3 Å². The fraction of sp³-hybridized carbons (Fsp3) is 0.733. The van der Waals surface area contributed by atoms with Gasteiger partial charge in [-0.2, -0.15) is 5.10 Å². The first-order chi connectivity index (χ1) is 9.19. The number of aromatic amines is 1. The summed E-state index contributed by atoms with van der Waals surface area (Å²) in [5.74, 6) is 3.34. The van der Waals surface area contributed by atoms with Gasteiger partial charge in [0.25, 0.3) is 0 Å². The third-order valence-corrected chi connectivity index (χ3v) is 5.56. The number of aromatic nitrogens is 2. The van der Waals surface area contributed by atoms with E-state index in [1.54, 1.807) is 0 Å². The smallest absolute Gasteiger partial charge is 0.309 e. The maximum Gasteiger partial charge on any atom is 0.309 e. The van der Waals surface area contributed by atoms with Gasteiger partial charge < -0.3 is 5.11 Å². The second kappa shape index (κ2) is 4.09. The van der Waals surface area contributed by atoms with E-state index >= 15 is 0 Å². The van der Waals surface area contributed by atoms with E-state index in [-0.39, 0.29) is 6.42 Å². The highest BCUT2D eigenvalue weighted by atomic mass is 16.4.